The molecule has 1 atom stereocenters. The molecule has 1 aliphatic heterocycles. The summed E-state index contributed by atoms with van der Waals surface area (Å²) < 4.78 is 0. The summed E-state index contributed by atoms with van der Waals surface area (Å²) in [6.07, 6.45) is 4.47. The van der Waals surface area contributed by atoms with E-state index in [1.54, 1.807) is 0 Å². The molecule has 0 saturated carbocycles. The molecule has 1 unspecified atom stereocenters. The monoisotopic (exact) mass is 275 g/mol. The zero-order valence-electron chi connectivity index (χ0n) is 12.1. The third-order valence-electron chi connectivity index (χ3n) is 4.19. The molecule has 2 aromatic heterocycles. The normalized spacial score (nSPS) is 17.6. The number of nitrogens with zero attached hydrogens (tertiary/aromatic N) is 3. The molecule has 2 aromatic rings. The van der Waals surface area contributed by atoms with Crippen molar-refractivity contribution in [2.75, 3.05) is 18.0 Å². The Balaban J connectivity index is 2.04. The third-order valence-corrected chi connectivity index (χ3v) is 4.19. The number of hydrogen-bond donors (Lipinski definition) is 2. The van der Waals surface area contributed by atoms with Gasteiger partial charge in [-0.05, 0) is 31.6 Å². The van der Waals surface area contributed by atoms with Gasteiger partial charge in [-0.2, -0.15) is 5.10 Å². The fourth-order valence-corrected chi connectivity index (χ4v) is 2.75. The van der Waals surface area contributed by atoms with Gasteiger partial charge in [-0.3, -0.25) is 9.89 Å². The highest BCUT2D eigenvalue weighted by Crippen LogP contribution is 2.23. The maximum absolute atomic E-state index is 12.3. The molecule has 0 bridgehead atoms. The molecule has 1 fully saturated rings. The number of piperidine rings is 1. The van der Waals surface area contributed by atoms with E-state index in [0.29, 0.717) is 17.4 Å². The fraction of sp³-hybridized carbons (Fsp3) is 0.643. The van der Waals surface area contributed by atoms with Crippen molar-refractivity contribution in [1.82, 2.24) is 20.2 Å². The predicted molar refractivity (Wildman–Crippen MR) is 79.3 cm³/mol. The van der Waals surface area contributed by atoms with E-state index < -0.39 is 0 Å². The lowest BCUT2D eigenvalue weighted by molar-refractivity contribution is 0.572. The number of aromatic nitrogens is 4. The van der Waals surface area contributed by atoms with E-state index in [4.69, 9.17) is 0 Å². The summed E-state index contributed by atoms with van der Waals surface area (Å²) in [6.45, 7) is 6.04. The molecule has 6 nitrogen and oxygen atoms in total. The lowest BCUT2D eigenvalue weighted by atomic mass is 10.0. The zero-order valence-corrected chi connectivity index (χ0v) is 12.1. The van der Waals surface area contributed by atoms with Crippen LogP contribution in [0.25, 0.3) is 11.2 Å². The first-order valence-electron chi connectivity index (χ1n) is 7.44. The summed E-state index contributed by atoms with van der Waals surface area (Å²) >= 11 is 0. The number of aromatic amines is 2. The van der Waals surface area contributed by atoms with Crippen molar-refractivity contribution in [3.05, 3.63) is 16.0 Å². The minimum absolute atomic E-state index is 0.106. The summed E-state index contributed by atoms with van der Waals surface area (Å²) in [6, 6.07) is 0. The molecule has 0 amide bonds. The van der Waals surface area contributed by atoms with E-state index in [9.17, 15) is 4.79 Å². The lowest BCUT2D eigenvalue weighted by Crippen LogP contribution is -2.34. The Morgan fingerprint density at radius 3 is 2.75 bits per heavy atom. The molecule has 0 radical (unpaired) electrons. The lowest BCUT2D eigenvalue weighted by Gasteiger charge is -2.26. The minimum atomic E-state index is -0.106. The van der Waals surface area contributed by atoms with Gasteiger partial charge in [0.1, 0.15) is 5.52 Å². The molecule has 3 heterocycles. The first-order valence-corrected chi connectivity index (χ1v) is 7.44. The molecule has 0 aromatic carbocycles. The maximum Gasteiger partial charge on any atom is 0.291 e. The van der Waals surface area contributed by atoms with Gasteiger partial charge in [0.15, 0.2) is 11.5 Å². The summed E-state index contributed by atoms with van der Waals surface area (Å²) in [5, 5.41) is 7.27. The molecular formula is C14H21N5O. The van der Waals surface area contributed by atoms with Crippen LogP contribution in [-0.4, -0.2) is 33.3 Å². The number of nitrogens with one attached hydrogen (secondary N) is 2. The van der Waals surface area contributed by atoms with Crippen molar-refractivity contribution in [2.45, 2.75) is 45.4 Å². The first kappa shape index (κ1) is 13.1. The quantitative estimate of drug-likeness (QED) is 0.899. The largest absolute Gasteiger partial charge is 0.352 e. The van der Waals surface area contributed by atoms with Gasteiger partial charge in [-0.1, -0.05) is 13.8 Å². The highest BCUT2D eigenvalue weighted by atomic mass is 16.1. The zero-order chi connectivity index (χ0) is 14.1. The van der Waals surface area contributed by atoms with E-state index in [2.05, 4.69) is 38.9 Å². The highest BCUT2D eigenvalue weighted by molar-refractivity contribution is 5.74. The summed E-state index contributed by atoms with van der Waals surface area (Å²) in [5.74, 6) is 0.845. The second-order valence-electron chi connectivity index (χ2n) is 5.58. The number of H-pyrrole nitrogens is 2. The average molecular weight is 275 g/mol. The van der Waals surface area contributed by atoms with Crippen LogP contribution in [0.1, 0.15) is 51.1 Å². The van der Waals surface area contributed by atoms with Crippen LogP contribution in [0.3, 0.4) is 0 Å². The molecule has 3 rings (SSSR count). The van der Waals surface area contributed by atoms with E-state index in [1.807, 2.05) is 0 Å². The second kappa shape index (κ2) is 5.26. The standard InChI is InChI=1S/C14H21N5O/c1-3-9(2)10-11-12(18-17-10)16-13(14(20)15-11)19-7-5-4-6-8-19/h9H,3-8H2,1-2H3,(H,15,20)(H,16,17,18). The van der Waals surface area contributed by atoms with Gasteiger partial charge in [0.2, 0.25) is 0 Å². The van der Waals surface area contributed by atoms with Crippen molar-refractivity contribution in [3.8, 4) is 0 Å². The van der Waals surface area contributed by atoms with Crippen molar-refractivity contribution in [1.29, 1.82) is 0 Å². The molecule has 2 N–H and O–H groups in total. The van der Waals surface area contributed by atoms with Crippen LogP contribution >= 0.6 is 0 Å². The van der Waals surface area contributed by atoms with Gasteiger partial charge in [0, 0.05) is 13.1 Å². The second-order valence-corrected chi connectivity index (χ2v) is 5.58. The Labute approximate surface area is 117 Å². The van der Waals surface area contributed by atoms with E-state index in [0.717, 1.165) is 43.6 Å². The van der Waals surface area contributed by atoms with Crippen LogP contribution in [0, 0.1) is 0 Å². The van der Waals surface area contributed by atoms with E-state index in [1.165, 1.54) is 6.42 Å². The highest BCUT2D eigenvalue weighted by Gasteiger charge is 2.19. The Morgan fingerprint density at radius 1 is 1.30 bits per heavy atom. The van der Waals surface area contributed by atoms with Gasteiger partial charge in [0.25, 0.3) is 5.56 Å². The third kappa shape index (κ3) is 2.19. The minimum Gasteiger partial charge on any atom is -0.352 e. The Morgan fingerprint density at radius 2 is 2.05 bits per heavy atom. The van der Waals surface area contributed by atoms with Gasteiger partial charge < -0.3 is 9.88 Å². The number of rotatable bonds is 3. The molecule has 0 spiro atoms. The smallest absolute Gasteiger partial charge is 0.291 e. The fourth-order valence-electron chi connectivity index (χ4n) is 2.75. The van der Waals surface area contributed by atoms with Crippen LogP contribution in [0.15, 0.2) is 4.79 Å². The summed E-state index contributed by atoms with van der Waals surface area (Å²) in [4.78, 5) is 21.8. The predicted octanol–water partition coefficient (Wildman–Crippen LogP) is 2.15. The number of anilines is 1. The van der Waals surface area contributed by atoms with Gasteiger partial charge in [0.05, 0.1) is 5.69 Å². The molecule has 20 heavy (non-hydrogen) atoms. The summed E-state index contributed by atoms with van der Waals surface area (Å²) in [5.41, 5.74) is 2.23. The van der Waals surface area contributed by atoms with Crippen LogP contribution in [-0.2, 0) is 0 Å². The van der Waals surface area contributed by atoms with E-state index in [-0.39, 0.29) is 5.56 Å². The maximum atomic E-state index is 12.3. The number of fused-ring (bicyclic) bond motifs is 1. The van der Waals surface area contributed by atoms with Gasteiger partial charge in [-0.25, -0.2) is 4.98 Å². The molecular weight excluding hydrogens is 254 g/mol. The van der Waals surface area contributed by atoms with Crippen molar-refractivity contribution in [3.63, 3.8) is 0 Å². The Bertz CT molecular complexity index is 653. The summed E-state index contributed by atoms with van der Waals surface area (Å²) in [7, 11) is 0. The van der Waals surface area contributed by atoms with Crippen LogP contribution < -0.4 is 10.5 Å². The first-order chi connectivity index (χ1) is 9.70. The van der Waals surface area contributed by atoms with Crippen molar-refractivity contribution < 1.29 is 0 Å². The van der Waals surface area contributed by atoms with Crippen LogP contribution in [0.4, 0.5) is 5.82 Å². The molecule has 108 valence electrons. The SMILES string of the molecule is CCC(C)c1[nH]nc2nc(N3CCCCC3)c(=O)[nH]c12. The molecule has 1 saturated heterocycles. The Hall–Kier alpha value is -1.85. The van der Waals surface area contributed by atoms with Crippen molar-refractivity contribution in [2.24, 2.45) is 0 Å². The number of hydrogen-bond acceptors (Lipinski definition) is 4. The van der Waals surface area contributed by atoms with Crippen LogP contribution in [0.2, 0.25) is 0 Å². The average Bonchev–Trinajstić information content (AvgIpc) is 2.89. The van der Waals surface area contributed by atoms with Crippen LogP contribution in [0.5, 0.6) is 0 Å². The Kier molecular flexibility index (Phi) is 3.46. The molecule has 6 heteroatoms. The van der Waals surface area contributed by atoms with E-state index >= 15 is 0 Å². The van der Waals surface area contributed by atoms with Gasteiger partial charge >= 0.3 is 0 Å². The topological polar surface area (TPSA) is 77.7 Å². The molecule has 1 aliphatic rings. The molecule has 0 aliphatic carbocycles. The van der Waals surface area contributed by atoms with Crippen molar-refractivity contribution >= 4 is 17.0 Å². The van der Waals surface area contributed by atoms with Gasteiger partial charge in [-0.15, -0.1) is 0 Å².